The van der Waals surface area contributed by atoms with Crippen LogP contribution >= 0.6 is 0 Å². The number of aromatic carboxylic acids is 1. The van der Waals surface area contributed by atoms with E-state index in [1.165, 1.54) is 12.1 Å². The van der Waals surface area contributed by atoms with Gasteiger partial charge in [-0.15, -0.1) is 0 Å². The molecule has 2 rings (SSSR count). The number of carbonyl (C=O) groups excluding carboxylic acids is 1. The number of aryl methyl sites for hydroxylation is 1. The maximum absolute atomic E-state index is 12.8. The average Bonchev–Trinajstić information content (AvgIpc) is 2.53. The van der Waals surface area contributed by atoms with Gasteiger partial charge in [-0.2, -0.15) is 13.2 Å². The minimum atomic E-state index is -4.20. The van der Waals surface area contributed by atoms with Crippen LogP contribution in [-0.4, -0.2) is 29.2 Å². The van der Waals surface area contributed by atoms with Gasteiger partial charge in [-0.3, -0.25) is 4.79 Å². The minimum Gasteiger partial charge on any atom is -0.478 e. The first-order chi connectivity index (χ1) is 11.3. The zero-order valence-electron chi connectivity index (χ0n) is 13.1. The first kappa shape index (κ1) is 18.3. The quantitative estimate of drug-likeness (QED) is 0.859. The van der Waals surface area contributed by atoms with Crippen molar-refractivity contribution in [3.8, 4) is 0 Å². The standard InChI is InChI=1S/C17H20F3NO3/c18-17(19,20)13-2-1-3-14(10-13)21-15(22)9-6-11-4-7-12(8-5-11)16(23)24/h4-5,7-8,13-14H,1-3,6,9-10H2,(H,21,22)(H,23,24)/t13-,14+/m1/s1. The molecule has 0 saturated heterocycles. The Kier molecular flexibility index (Phi) is 5.85. The van der Waals surface area contributed by atoms with E-state index < -0.39 is 24.1 Å². The van der Waals surface area contributed by atoms with Crippen molar-refractivity contribution in [1.82, 2.24) is 5.32 Å². The first-order valence-electron chi connectivity index (χ1n) is 7.94. The summed E-state index contributed by atoms with van der Waals surface area (Å²) in [6.45, 7) is 0. The average molecular weight is 343 g/mol. The third kappa shape index (κ3) is 5.25. The Morgan fingerprint density at radius 1 is 1.17 bits per heavy atom. The molecule has 2 atom stereocenters. The van der Waals surface area contributed by atoms with Crippen LogP contribution < -0.4 is 5.32 Å². The van der Waals surface area contributed by atoms with Gasteiger partial charge in [0.2, 0.25) is 5.91 Å². The zero-order valence-corrected chi connectivity index (χ0v) is 13.1. The minimum absolute atomic E-state index is 0.0530. The molecule has 0 radical (unpaired) electrons. The molecule has 2 N–H and O–H groups in total. The third-order valence-corrected chi connectivity index (χ3v) is 4.34. The van der Waals surface area contributed by atoms with Crippen molar-refractivity contribution in [2.75, 3.05) is 0 Å². The molecule has 0 aliphatic heterocycles. The number of carbonyl (C=O) groups is 2. The van der Waals surface area contributed by atoms with Crippen LogP contribution in [0.1, 0.15) is 48.0 Å². The van der Waals surface area contributed by atoms with Gasteiger partial charge in [0.1, 0.15) is 0 Å². The Balaban J connectivity index is 1.79. The highest BCUT2D eigenvalue weighted by Gasteiger charge is 2.42. The number of halogens is 3. The lowest BCUT2D eigenvalue weighted by molar-refractivity contribution is -0.184. The Morgan fingerprint density at radius 2 is 1.83 bits per heavy atom. The maximum Gasteiger partial charge on any atom is 0.391 e. The molecule has 1 aromatic rings. The monoisotopic (exact) mass is 343 g/mol. The summed E-state index contributed by atoms with van der Waals surface area (Å²) >= 11 is 0. The lowest BCUT2D eigenvalue weighted by Gasteiger charge is -2.31. The second-order valence-corrected chi connectivity index (χ2v) is 6.17. The van der Waals surface area contributed by atoms with E-state index in [4.69, 9.17) is 5.11 Å². The van der Waals surface area contributed by atoms with Crippen LogP contribution in [0, 0.1) is 5.92 Å². The first-order valence-corrected chi connectivity index (χ1v) is 7.94. The van der Waals surface area contributed by atoms with Crippen molar-refractivity contribution in [2.24, 2.45) is 5.92 Å². The Labute approximate surface area is 138 Å². The molecular formula is C17H20F3NO3. The summed E-state index contributed by atoms with van der Waals surface area (Å²) in [6, 6.07) is 5.77. The van der Waals surface area contributed by atoms with Gasteiger partial charge in [0.25, 0.3) is 0 Å². The van der Waals surface area contributed by atoms with Crippen molar-refractivity contribution >= 4 is 11.9 Å². The molecule has 7 heteroatoms. The zero-order chi connectivity index (χ0) is 17.7. The van der Waals surface area contributed by atoms with Crippen LogP contribution in [-0.2, 0) is 11.2 Å². The van der Waals surface area contributed by atoms with E-state index >= 15 is 0 Å². The molecule has 1 saturated carbocycles. The van der Waals surface area contributed by atoms with Gasteiger partial charge in [-0.05, 0) is 43.4 Å². The Bertz CT molecular complexity index is 584. The summed E-state index contributed by atoms with van der Waals surface area (Å²) in [6.07, 6.45) is -2.50. The van der Waals surface area contributed by atoms with E-state index in [0.29, 0.717) is 19.3 Å². The van der Waals surface area contributed by atoms with Crippen LogP contribution in [0.5, 0.6) is 0 Å². The second-order valence-electron chi connectivity index (χ2n) is 6.17. The highest BCUT2D eigenvalue weighted by atomic mass is 19.4. The molecule has 132 valence electrons. The van der Waals surface area contributed by atoms with Gasteiger partial charge in [0.15, 0.2) is 0 Å². The van der Waals surface area contributed by atoms with E-state index in [2.05, 4.69) is 5.32 Å². The van der Waals surface area contributed by atoms with Gasteiger partial charge >= 0.3 is 12.1 Å². The fraction of sp³-hybridized carbons (Fsp3) is 0.529. The second kappa shape index (κ2) is 7.68. The predicted molar refractivity (Wildman–Crippen MR) is 81.7 cm³/mol. The largest absolute Gasteiger partial charge is 0.478 e. The summed E-state index contributed by atoms with van der Waals surface area (Å²) in [5, 5.41) is 11.5. The topological polar surface area (TPSA) is 66.4 Å². The molecule has 0 spiro atoms. The Morgan fingerprint density at radius 3 is 2.42 bits per heavy atom. The van der Waals surface area contributed by atoms with Crippen molar-refractivity contribution in [2.45, 2.75) is 50.7 Å². The fourth-order valence-corrected chi connectivity index (χ4v) is 2.99. The summed E-state index contributed by atoms with van der Waals surface area (Å²) in [5.74, 6) is -2.62. The highest BCUT2D eigenvalue weighted by molar-refractivity contribution is 5.87. The third-order valence-electron chi connectivity index (χ3n) is 4.34. The van der Waals surface area contributed by atoms with E-state index in [-0.39, 0.29) is 30.7 Å². The van der Waals surface area contributed by atoms with E-state index in [1.807, 2.05) is 0 Å². The number of carboxylic acid groups (broad SMARTS) is 1. The summed E-state index contributed by atoms with van der Waals surface area (Å²) in [5.41, 5.74) is 0.982. The van der Waals surface area contributed by atoms with Crippen LogP contribution in [0.15, 0.2) is 24.3 Å². The van der Waals surface area contributed by atoms with Crippen molar-refractivity contribution < 1.29 is 27.9 Å². The van der Waals surface area contributed by atoms with Crippen LogP contribution in [0.4, 0.5) is 13.2 Å². The lowest BCUT2D eigenvalue weighted by Crippen LogP contribution is -2.41. The smallest absolute Gasteiger partial charge is 0.391 e. The number of benzene rings is 1. The number of hydrogen-bond acceptors (Lipinski definition) is 2. The molecule has 4 nitrogen and oxygen atoms in total. The lowest BCUT2D eigenvalue weighted by atomic mass is 9.85. The van der Waals surface area contributed by atoms with Crippen LogP contribution in [0.2, 0.25) is 0 Å². The molecule has 0 unspecified atom stereocenters. The van der Waals surface area contributed by atoms with Gasteiger partial charge in [0, 0.05) is 12.5 Å². The molecule has 0 aromatic heterocycles. The van der Waals surface area contributed by atoms with Crippen LogP contribution in [0.25, 0.3) is 0 Å². The van der Waals surface area contributed by atoms with E-state index in [0.717, 1.165) is 5.56 Å². The van der Waals surface area contributed by atoms with E-state index in [1.54, 1.807) is 12.1 Å². The SMILES string of the molecule is O=C(CCc1ccc(C(=O)O)cc1)N[C@H]1CCC[C@@H](C(F)(F)F)C1. The van der Waals surface area contributed by atoms with Crippen molar-refractivity contribution in [3.05, 3.63) is 35.4 Å². The number of rotatable bonds is 5. The molecule has 1 aliphatic carbocycles. The number of alkyl halides is 3. The van der Waals surface area contributed by atoms with Gasteiger partial charge in [-0.1, -0.05) is 18.6 Å². The number of amides is 1. The van der Waals surface area contributed by atoms with Gasteiger partial charge in [0.05, 0.1) is 11.5 Å². The summed E-state index contributed by atoms with van der Waals surface area (Å²) in [4.78, 5) is 22.7. The summed E-state index contributed by atoms with van der Waals surface area (Å²) < 4.78 is 38.3. The van der Waals surface area contributed by atoms with E-state index in [9.17, 15) is 22.8 Å². The molecule has 0 bridgehead atoms. The number of nitrogens with one attached hydrogen (secondary N) is 1. The molecule has 24 heavy (non-hydrogen) atoms. The van der Waals surface area contributed by atoms with Crippen molar-refractivity contribution in [3.63, 3.8) is 0 Å². The number of carboxylic acids is 1. The molecule has 0 heterocycles. The molecule has 1 aliphatic rings. The highest BCUT2D eigenvalue weighted by Crippen LogP contribution is 2.37. The Hall–Kier alpha value is -2.05. The maximum atomic E-state index is 12.8. The van der Waals surface area contributed by atoms with Crippen LogP contribution in [0.3, 0.4) is 0 Å². The molecule has 1 fully saturated rings. The van der Waals surface area contributed by atoms with Gasteiger partial charge in [-0.25, -0.2) is 4.79 Å². The molecular weight excluding hydrogens is 323 g/mol. The van der Waals surface area contributed by atoms with Crippen molar-refractivity contribution in [1.29, 1.82) is 0 Å². The summed E-state index contributed by atoms with van der Waals surface area (Å²) in [7, 11) is 0. The predicted octanol–water partition coefficient (Wildman–Crippen LogP) is 3.55. The molecule has 1 aromatic carbocycles. The van der Waals surface area contributed by atoms with Gasteiger partial charge < -0.3 is 10.4 Å². The molecule has 1 amide bonds. The normalized spacial score (nSPS) is 21.3. The number of hydrogen-bond donors (Lipinski definition) is 2. The fourth-order valence-electron chi connectivity index (χ4n) is 2.99.